The Bertz CT molecular complexity index is 433. The molecule has 0 saturated carbocycles. The summed E-state index contributed by atoms with van der Waals surface area (Å²) in [5, 5.41) is 5.11. The van der Waals surface area contributed by atoms with Crippen molar-refractivity contribution in [3.05, 3.63) is 16.4 Å². The Morgan fingerprint density at radius 2 is 2.21 bits per heavy atom. The van der Waals surface area contributed by atoms with Crippen LogP contribution in [0, 0.1) is 6.92 Å². The SMILES string of the molecule is Cc1nn(C)c(Cl)c1CN1CCO[C@H](CN(C)C)C1. The lowest BCUT2D eigenvalue weighted by Crippen LogP contribution is -2.46. The molecular weight excluding hydrogens is 264 g/mol. The number of nitrogens with zero attached hydrogens (tertiary/aromatic N) is 4. The Morgan fingerprint density at radius 3 is 2.79 bits per heavy atom. The van der Waals surface area contributed by atoms with Gasteiger partial charge < -0.3 is 9.64 Å². The average molecular weight is 287 g/mol. The van der Waals surface area contributed by atoms with Gasteiger partial charge >= 0.3 is 0 Å². The van der Waals surface area contributed by atoms with Crippen molar-refractivity contribution in [2.45, 2.75) is 19.6 Å². The zero-order valence-electron chi connectivity index (χ0n) is 12.2. The van der Waals surface area contributed by atoms with Crippen molar-refractivity contribution in [3.63, 3.8) is 0 Å². The summed E-state index contributed by atoms with van der Waals surface area (Å²) in [5.41, 5.74) is 2.15. The number of aromatic nitrogens is 2. The zero-order valence-corrected chi connectivity index (χ0v) is 12.9. The molecule has 1 fully saturated rings. The molecule has 2 heterocycles. The number of rotatable bonds is 4. The summed E-state index contributed by atoms with van der Waals surface area (Å²) in [5.74, 6) is 0. The van der Waals surface area contributed by atoms with Gasteiger partial charge in [0.05, 0.1) is 18.4 Å². The van der Waals surface area contributed by atoms with E-state index in [-0.39, 0.29) is 6.10 Å². The number of likely N-dealkylation sites (N-methyl/N-ethyl adjacent to an activating group) is 1. The third-order valence-electron chi connectivity index (χ3n) is 3.44. The Morgan fingerprint density at radius 1 is 1.47 bits per heavy atom. The number of hydrogen-bond donors (Lipinski definition) is 0. The van der Waals surface area contributed by atoms with Gasteiger partial charge in [0.1, 0.15) is 5.15 Å². The molecule has 0 spiro atoms. The summed E-state index contributed by atoms with van der Waals surface area (Å²) in [6.45, 7) is 6.51. The fraction of sp³-hybridized carbons (Fsp3) is 0.769. The highest BCUT2D eigenvalue weighted by Gasteiger charge is 2.23. The van der Waals surface area contributed by atoms with Gasteiger partial charge in [-0.05, 0) is 21.0 Å². The molecule has 0 unspecified atom stereocenters. The molecular formula is C13H23ClN4O. The average Bonchev–Trinajstić information content (AvgIpc) is 2.56. The van der Waals surface area contributed by atoms with Crippen molar-refractivity contribution in [2.24, 2.45) is 7.05 Å². The van der Waals surface area contributed by atoms with Crippen molar-refractivity contribution in [2.75, 3.05) is 40.3 Å². The maximum Gasteiger partial charge on any atom is 0.131 e. The first-order chi connectivity index (χ1) is 8.97. The Balaban J connectivity index is 1.98. The van der Waals surface area contributed by atoms with E-state index in [1.54, 1.807) is 4.68 Å². The lowest BCUT2D eigenvalue weighted by Gasteiger charge is -2.34. The highest BCUT2D eigenvalue weighted by Crippen LogP contribution is 2.21. The maximum absolute atomic E-state index is 6.29. The van der Waals surface area contributed by atoms with E-state index in [9.17, 15) is 0 Å². The summed E-state index contributed by atoms with van der Waals surface area (Å²) >= 11 is 6.29. The molecule has 1 saturated heterocycles. The number of ether oxygens (including phenoxy) is 1. The summed E-state index contributed by atoms with van der Waals surface area (Å²) in [6, 6.07) is 0. The third kappa shape index (κ3) is 3.69. The molecule has 1 aromatic heterocycles. The maximum atomic E-state index is 6.29. The smallest absolute Gasteiger partial charge is 0.131 e. The molecule has 0 aromatic carbocycles. The summed E-state index contributed by atoms with van der Waals surface area (Å²) in [6.07, 6.45) is 0.277. The van der Waals surface area contributed by atoms with Crippen LogP contribution in [0.3, 0.4) is 0 Å². The van der Waals surface area contributed by atoms with E-state index < -0.39 is 0 Å². The van der Waals surface area contributed by atoms with E-state index in [1.807, 2.05) is 14.0 Å². The molecule has 0 N–H and O–H groups in total. The van der Waals surface area contributed by atoms with Crippen molar-refractivity contribution in [1.29, 1.82) is 0 Å². The van der Waals surface area contributed by atoms with E-state index in [1.165, 1.54) is 0 Å². The minimum Gasteiger partial charge on any atom is -0.374 e. The first-order valence-corrected chi connectivity index (χ1v) is 7.02. The van der Waals surface area contributed by atoms with E-state index in [0.717, 1.165) is 49.2 Å². The molecule has 6 heteroatoms. The number of halogens is 1. The van der Waals surface area contributed by atoms with Crippen LogP contribution >= 0.6 is 11.6 Å². The molecule has 1 aromatic rings. The predicted molar refractivity (Wildman–Crippen MR) is 76.5 cm³/mol. The van der Waals surface area contributed by atoms with Crippen molar-refractivity contribution >= 4 is 11.6 Å². The first kappa shape index (κ1) is 14.8. The Kier molecular flexibility index (Phi) is 4.84. The van der Waals surface area contributed by atoms with Gasteiger partial charge in [-0.15, -0.1) is 0 Å². The highest BCUT2D eigenvalue weighted by atomic mass is 35.5. The highest BCUT2D eigenvalue weighted by molar-refractivity contribution is 6.30. The van der Waals surface area contributed by atoms with Crippen LogP contribution in [0.5, 0.6) is 0 Å². The van der Waals surface area contributed by atoms with Gasteiger partial charge in [-0.25, -0.2) is 0 Å². The first-order valence-electron chi connectivity index (χ1n) is 6.64. The van der Waals surface area contributed by atoms with Crippen LogP contribution in [0.25, 0.3) is 0 Å². The van der Waals surface area contributed by atoms with Gasteiger partial charge in [0.15, 0.2) is 0 Å². The minimum atomic E-state index is 0.277. The molecule has 0 amide bonds. The summed E-state index contributed by atoms with van der Waals surface area (Å²) in [7, 11) is 6.03. The second-order valence-corrected chi connectivity index (χ2v) is 5.83. The van der Waals surface area contributed by atoms with Gasteiger partial charge in [-0.3, -0.25) is 9.58 Å². The van der Waals surface area contributed by atoms with Crippen LogP contribution < -0.4 is 0 Å². The number of morpholine rings is 1. The fourth-order valence-electron chi connectivity index (χ4n) is 2.52. The Labute approximate surface area is 120 Å². The van der Waals surface area contributed by atoms with Crippen LogP contribution in [0.2, 0.25) is 5.15 Å². The molecule has 2 rings (SSSR count). The van der Waals surface area contributed by atoms with Crippen LogP contribution in [-0.4, -0.2) is 66.0 Å². The molecule has 1 atom stereocenters. The minimum absolute atomic E-state index is 0.277. The van der Waals surface area contributed by atoms with Gasteiger partial charge in [-0.1, -0.05) is 11.6 Å². The monoisotopic (exact) mass is 286 g/mol. The lowest BCUT2D eigenvalue weighted by molar-refractivity contribution is -0.0407. The number of aryl methyl sites for hydroxylation is 2. The fourth-order valence-corrected chi connectivity index (χ4v) is 2.75. The van der Waals surface area contributed by atoms with Crippen LogP contribution in [-0.2, 0) is 18.3 Å². The van der Waals surface area contributed by atoms with E-state index in [2.05, 4.69) is 29.0 Å². The van der Waals surface area contributed by atoms with Gasteiger partial charge in [0, 0.05) is 38.8 Å². The molecule has 108 valence electrons. The topological polar surface area (TPSA) is 33.5 Å². The van der Waals surface area contributed by atoms with Gasteiger partial charge in [-0.2, -0.15) is 5.10 Å². The third-order valence-corrected chi connectivity index (χ3v) is 3.92. The standard InChI is InChI=1S/C13H23ClN4O/c1-10-12(13(14)17(4)15-10)9-18-5-6-19-11(8-18)7-16(2)3/h11H,5-9H2,1-4H3/t11-/m1/s1. The van der Waals surface area contributed by atoms with Gasteiger partial charge in [0.2, 0.25) is 0 Å². The normalized spacial score (nSPS) is 21.3. The second-order valence-electron chi connectivity index (χ2n) is 5.47. The Hall–Kier alpha value is -0.620. The summed E-state index contributed by atoms with van der Waals surface area (Å²) < 4.78 is 7.53. The molecule has 19 heavy (non-hydrogen) atoms. The van der Waals surface area contributed by atoms with Crippen LogP contribution in [0.4, 0.5) is 0 Å². The molecule has 5 nitrogen and oxygen atoms in total. The second kappa shape index (κ2) is 6.22. The van der Waals surface area contributed by atoms with Crippen molar-refractivity contribution in [3.8, 4) is 0 Å². The quantitative estimate of drug-likeness (QED) is 0.831. The molecule has 1 aliphatic heterocycles. The largest absolute Gasteiger partial charge is 0.374 e. The zero-order chi connectivity index (χ0) is 14.0. The summed E-state index contributed by atoms with van der Waals surface area (Å²) in [4.78, 5) is 4.56. The predicted octanol–water partition coefficient (Wildman–Crippen LogP) is 1.14. The van der Waals surface area contributed by atoms with E-state index >= 15 is 0 Å². The molecule has 0 bridgehead atoms. The van der Waals surface area contributed by atoms with Crippen LogP contribution in [0.1, 0.15) is 11.3 Å². The van der Waals surface area contributed by atoms with E-state index in [4.69, 9.17) is 16.3 Å². The van der Waals surface area contributed by atoms with Crippen molar-refractivity contribution < 1.29 is 4.74 Å². The molecule has 0 aliphatic carbocycles. The molecule has 0 radical (unpaired) electrons. The number of hydrogen-bond acceptors (Lipinski definition) is 4. The van der Waals surface area contributed by atoms with E-state index in [0.29, 0.717) is 0 Å². The lowest BCUT2D eigenvalue weighted by atomic mass is 10.2. The van der Waals surface area contributed by atoms with Crippen molar-refractivity contribution in [1.82, 2.24) is 19.6 Å². The molecule has 1 aliphatic rings. The van der Waals surface area contributed by atoms with Crippen LogP contribution in [0.15, 0.2) is 0 Å². The van der Waals surface area contributed by atoms with Gasteiger partial charge in [0.25, 0.3) is 0 Å².